The van der Waals surface area contributed by atoms with Crippen LogP contribution in [0.5, 0.6) is 0 Å². The van der Waals surface area contributed by atoms with Gasteiger partial charge in [-0.3, -0.25) is 4.79 Å². The second-order valence-electron chi connectivity index (χ2n) is 5.23. The number of allylic oxidation sites excluding steroid dienone is 2. The first-order valence-electron chi connectivity index (χ1n) is 6.45. The Bertz CT molecular complexity index is 646. The minimum Gasteiger partial charge on any atom is -0.481 e. The van der Waals surface area contributed by atoms with Crippen LogP contribution in [0.1, 0.15) is 18.9 Å². The van der Waals surface area contributed by atoms with Crippen molar-refractivity contribution in [2.75, 3.05) is 0 Å². The maximum absolute atomic E-state index is 11.8. The van der Waals surface area contributed by atoms with Crippen LogP contribution in [-0.2, 0) is 16.0 Å². The summed E-state index contributed by atoms with van der Waals surface area (Å²) in [6, 6.07) is 9.24. The van der Waals surface area contributed by atoms with E-state index >= 15 is 0 Å². The van der Waals surface area contributed by atoms with Crippen molar-refractivity contribution < 1.29 is 19.8 Å². The number of rotatable bonds is 4. The highest BCUT2D eigenvalue weighted by molar-refractivity contribution is 9.12. The van der Waals surface area contributed by atoms with Crippen LogP contribution in [0, 0.1) is 5.41 Å². The van der Waals surface area contributed by atoms with Crippen molar-refractivity contribution in [1.82, 2.24) is 0 Å². The Labute approximate surface area is 130 Å². The maximum Gasteiger partial charge on any atom is 0.332 e. The van der Waals surface area contributed by atoms with Crippen LogP contribution in [0.2, 0.25) is 0 Å². The molecule has 1 aliphatic rings. The van der Waals surface area contributed by atoms with Gasteiger partial charge in [-0.2, -0.15) is 0 Å². The summed E-state index contributed by atoms with van der Waals surface area (Å²) in [5, 5.41) is 19.0. The van der Waals surface area contributed by atoms with Gasteiger partial charge >= 0.3 is 11.9 Å². The van der Waals surface area contributed by atoms with E-state index in [0.717, 1.165) is 5.56 Å². The van der Waals surface area contributed by atoms with Gasteiger partial charge in [0.1, 0.15) is 0 Å². The van der Waals surface area contributed by atoms with Crippen molar-refractivity contribution in [3.8, 4) is 0 Å². The van der Waals surface area contributed by atoms with Crippen LogP contribution in [0.4, 0.5) is 0 Å². The van der Waals surface area contributed by atoms with Gasteiger partial charge in [0.25, 0.3) is 0 Å². The number of halogens is 1. The van der Waals surface area contributed by atoms with E-state index in [-0.39, 0.29) is 18.4 Å². The fraction of sp³-hybridized carbons (Fsp3) is 0.250. The predicted molar refractivity (Wildman–Crippen MR) is 82.2 cm³/mol. The molecule has 2 rings (SSSR count). The third-order valence-electron chi connectivity index (χ3n) is 3.64. The molecule has 0 bridgehead atoms. The highest BCUT2D eigenvalue weighted by Gasteiger charge is 2.42. The molecule has 0 saturated heterocycles. The van der Waals surface area contributed by atoms with Gasteiger partial charge in [0, 0.05) is 10.9 Å². The Morgan fingerprint density at radius 3 is 2.38 bits per heavy atom. The smallest absolute Gasteiger partial charge is 0.332 e. The van der Waals surface area contributed by atoms with Crippen LogP contribution in [0.25, 0.3) is 0 Å². The molecule has 0 amide bonds. The number of hydrogen-bond acceptors (Lipinski definition) is 2. The van der Waals surface area contributed by atoms with Crippen LogP contribution in [0.15, 0.2) is 52.0 Å². The number of benzene rings is 1. The molecule has 1 aliphatic carbocycles. The normalized spacial score (nSPS) is 21.9. The molecular formula is C16H15BrO4. The van der Waals surface area contributed by atoms with Gasteiger partial charge in [0.2, 0.25) is 0 Å². The van der Waals surface area contributed by atoms with E-state index in [0.29, 0.717) is 10.1 Å². The molecule has 1 unspecified atom stereocenters. The molecule has 0 spiro atoms. The van der Waals surface area contributed by atoms with Crippen molar-refractivity contribution in [3.63, 3.8) is 0 Å². The van der Waals surface area contributed by atoms with E-state index in [4.69, 9.17) is 0 Å². The molecule has 21 heavy (non-hydrogen) atoms. The molecule has 0 fully saturated rings. The molecule has 0 saturated carbocycles. The number of carboxylic acids is 2. The molecule has 0 radical (unpaired) electrons. The van der Waals surface area contributed by atoms with E-state index in [1.807, 2.05) is 30.3 Å². The molecular weight excluding hydrogens is 336 g/mol. The Kier molecular flexibility index (Phi) is 4.32. The molecule has 110 valence electrons. The minimum atomic E-state index is -1.23. The first kappa shape index (κ1) is 15.5. The number of aliphatic carboxylic acids is 2. The summed E-state index contributed by atoms with van der Waals surface area (Å²) in [6.07, 6.45) is 1.88. The molecule has 1 aromatic rings. The second-order valence-corrected chi connectivity index (χ2v) is 6.02. The van der Waals surface area contributed by atoms with Gasteiger partial charge in [-0.15, -0.1) is 0 Å². The monoisotopic (exact) mass is 350 g/mol. The zero-order valence-corrected chi connectivity index (χ0v) is 13.1. The Balaban J connectivity index is 2.46. The summed E-state index contributed by atoms with van der Waals surface area (Å²) in [7, 11) is 0. The minimum absolute atomic E-state index is 0.0372. The lowest BCUT2D eigenvalue weighted by Gasteiger charge is -2.31. The Morgan fingerprint density at radius 2 is 1.86 bits per heavy atom. The standard InChI is InChI=1S/C16H15BrO4/c1-10-7-16(15(20)21,8-11-5-3-2-4-6-11)9-12(13(10)17)14(18)19/h2-7H,8-9H2,1H3,(H,18,19)(H,20,21). The van der Waals surface area contributed by atoms with E-state index in [1.54, 1.807) is 13.0 Å². The molecule has 1 atom stereocenters. The third kappa shape index (κ3) is 3.08. The highest BCUT2D eigenvalue weighted by atomic mass is 79.9. The Hall–Kier alpha value is -1.88. The van der Waals surface area contributed by atoms with Crippen LogP contribution in [0.3, 0.4) is 0 Å². The van der Waals surface area contributed by atoms with E-state index in [9.17, 15) is 19.8 Å². The molecule has 0 aromatic heterocycles. The topological polar surface area (TPSA) is 74.6 Å². The zero-order valence-electron chi connectivity index (χ0n) is 11.5. The van der Waals surface area contributed by atoms with Gasteiger partial charge in [0.15, 0.2) is 0 Å². The van der Waals surface area contributed by atoms with Crippen LogP contribution >= 0.6 is 15.9 Å². The maximum atomic E-state index is 11.8. The quantitative estimate of drug-likeness (QED) is 0.872. The fourth-order valence-electron chi connectivity index (χ4n) is 2.62. The summed E-state index contributed by atoms with van der Waals surface area (Å²) in [5.41, 5.74) is 0.383. The van der Waals surface area contributed by atoms with Gasteiger partial charge in [-0.25, -0.2) is 4.79 Å². The van der Waals surface area contributed by atoms with Crippen molar-refractivity contribution in [3.05, 3.63) is 57.6 Å². The van der Waals surface area contributed by atoms with Crippen molar-refractivity contribution in [2.45, 2.75) is 19.8 Å². The molecule has 5 heteroatoms. The average molecular weight is 351 g/mol. The largest absolute Gasteiger partial charge is 0.481 e. The van der Waals surface area contributed by atoms with Gasteiger partial charge in [-0.05, 0) is 40.4 Å². The number of carboxylic acid groups (broad SMARTS) is 2. The highest BCUT2D eigenvalue weighted by Crippen LogP contribution is 2.42. The lowest BCUT2D eigenvalue weighted by molar-refractivity contribution is -0.146. The number of hydrogen-bond donors (Lipinski definition) is 2. The zero-order chi connectivity index (χ0) is 15.6. The summed E-state index contributed by atoms with van der Waals surface area (Å²) in [5.74, 6) is -2.10. The predicted octanol–water partition coefficient (Wildman–Crippen LogP) is 3.38. The number of carbonyl (C=O) groups is 2. The Morgan fingerprint density at radius 1 is 1.24 bits per heavy atom. The molecule has 0 aliphatic heterocycles. The molecule has 0 heterocycles. The van der Waals surface area contributed by atoms with E-state index in [1.165, 1.54) is 0 Å². The summed E-state index contributed by atoms with van der Waals surface area (Å²) >= 11 is 3.24. The summed E-state index contributed by atoms with van der Waals surface area (Å²) < 4.78 is 0.472. The lowest BCUT2D eigenvalue weighted by Crippen LogP contribution is -2.35. The summed E-state index contributed by atoms with van der Waals surface area (Å²) in [4.78, 5) is 23.2. The van der Waals surface area contributed by atoms with Gasteiger partial charge < -0.3 is 10.2 Å². The SMILES string of the molecule is CC1=CC(Cc2ccccc2)(C(=O)O)CC(C(=O)O)=C1Br. The molecule has 1 aromatic carbocycles. The van der Waals surface area contributed by atoms with Crippen molar-refractivity contribution in [2.24, 2.45) is 5.41 Å². The van der Waals surface area contributed by atoms with Gasteiger partial charge in [0.05, 0.1) is 11.0 Å². The fourth-order valence-corrected chi connectivity index (χ4v) is 3.04. The third-order valence-corrected chi connectivity index (χ3v) is 4.75. The van der Waals surface area contributed by atoms with Crippen molar-refractivity contribution >= 4 is 27.9 Å². The van der Waals surface area contributed by atoms with E-state index in [2.05, 4.69) is 15.9 Å². The van der Waals surface area contributed by atoms with Crippen molar-refractivity contribution in [1.29, 1.82) is 0 Å². The first-order valence-corrected chi connectivity index (χ1v) is 7.24. The molecule has 2 N–H and O–H groups in total. The van der Waals surface area contributed by atoms with Gasteiger partial charge in [-0.1, -0.05) is 36.4 Å². The molecule has 4 nitrogen and oxygen atoms in total. The average Bonchev–Trinajstić information content (AvgIpc) is 2.43. The van der Waals surface area contributed by atoms with E-state index < -0.39 is 17.4 Å². The second kappa shape index (κ2) is 5.85. The first-order chi connectivity index (χ1) is 9.85. The summed E-state index contributed by atoms with van der Waals surface area (Å²) in [6.45, 7) is 1.72. The van der Waals surface area contributed by atoms with Crippen LogP contribution < -0.4 is 0 Å². The van der Waals surface area contributed by atoms with Crippen LogP contribution in [-0.4, -0.2) is 22.2 Å². The lowest BCUT2D eigenvalue weighted by atomic mass is 9.72.